The lowest BCUT2D eigenvalue weighted by molar-refractivity contribution is -0.0421. The highest BCUT2D eigenvalue weighted by molar-refractivity contribution is 5.89. The first-order valence-corrected chi connectivity index (χ1v) is 12.6. The molecule has 4 atom stereocenters. The minimum Gasteiger partial charge on any atom is -0.397 e. The lowest BCUT2D eigenvalue weighted by Gasteiger charge is -2.23. The fraction of sp³-hybridized carbons (Fsp3) is 0.500. The van der Waals surface area contributed by atoms with Crippen LogP contribution in [0.5, 0.6) is 0 Å². The maximum absolute atomic E-state index is 14.4. The molecule has 0 radical (unpaired) electrons. The molecule has 1 aliphatic rings. The first-order valence-electron chi connectivity index (χ1n) is 12.6. The van der Waals surface area contributed by atoms with E-state index in [9.17, 15) is 19.4 Å². The second kappa shape index (κ2) is 11.2. The van der Waals surface area contributed by atoms with Crippen molar-refractivity contribution < 1.29 is 24.1 Å². The van der Waals surface area contributed by atoms with Crippen LogP contribution < -0.4 is 16.4 Å². The number of rotatable bonds is 8. The molecule has 1 aliphatic heterocycles. The van der Waals surface area contributed by atoms with Gasteiger partial charge in [-0.1, -0.05) is 26.8 Å². The molecule has 6 N–H and O–H groups in total. The molecule has 38 heavy (non-hydrogen) atoms. The molecule has 3 aromatic rings. The van der Waals surface area contributed by atoms with Crippen molar-refractivity contribution in [2.75, 3.05) is 37.7 Å². The summed E-state index contributed by atoms with van der Waals surface area (Å²) in [6.45, 7) is 7.15. The molecule has 1 aromatic carbocycles. The fourth-order valence-electron chi connectivity index (χ4n) is 4.58. The van der Waals surface area contributed by atoms with E-state index >= 15 is 0 Å². The Bertz CT molecular complexity index is 1280. The Hall–Kier alpha value is -3.32. The summed E-state index contributed by atoms with van der Waals surface area (Å²) in [6, 6.07) is 5.91. The number of nitrogen functional groups attached to an aromatic ring is 1. The SMILES string of the molecule is CN(CCCNC(=O)Nc1ccc(C(C)(C)C)c(F)c1)C[C@H]1O[C@@H](n2cnc3c(N)ccnc32)[C@H](O)[C@@H]1O. The molecule has 1 saturated heterocycles. The van der Waals surface area contributed by atoms with Gasteiger partial charge in [-0.25, -0.2) is 19.2 Å². The van der Waals surface area contributed by atoms with E-state index in [0.29, 0.717) is 54.2 Å². The van der Waals surface area contributed by atoms with Crippen LogP contribution in [-0.4, -0.2) is 80.7 Å². The van der Waals surface area contributed by atoms with E-state index in [1.165, 1.54) is 12.4 Å². The lowest BCUT2D eigenvalue weighted by atomic mass is 9.86. The van der Waals surface area contributed by atoms with Gasteiger partial charge in [0.25, 0.3) is 0 Å². The summed E-state index contributed by atoms with van der Waals surface area (Å²) in [5.74, 6) is -0.359. The van der Waals surface area contributed by atoms with Crippen LogP contribution in [0.25, 0.3) is 11.2 Å². The first-order chi connectivity index (χ1) is 18.0. The van der Waals surface area contributed by atoms with Crippen LogP contribution in [0.3, 0.4) is 0 Å². The Labute approximate surface area is 220 Å². The molecule has 0 spiro atoms. The Morgan fingerprint density at radius 3 is 2.71 bits per heavy atom. The van der Waals surface area contributed by atoms with Crippen LogP contribution in [0.15, 0.2) is 36.8 Å². The minimum atomic E-state index is -1.17. The van der Waals surface area contributed by atoms with E-state index in [1.807, 2.05) is 32.7 Å². The number of aliphatic hydroxyl groups excluding tert-OH is 2. The highest BCUT2D eigenvalue weighted by Gasteiger charge is 2.44. The number of hydrogen-bond acceptors (Lipinski definition) is 8. The maximum Gasteiger partial charge on any atom is 0.319 e. The van der Waals surface area contributed by atoms with Gasteiger partial charge < -0.3 is 36.2 Å². The Morgan fingerprint density at radius 2 is 2.00 bits per heavy atom. The molecule has 4 rings (SSSR count). The number of nitrogens with zero attached hydrogens (tertiary/aromatic N) is 4. The van der Waals surface area contributed by atoms with Crippen LogP contribution in [0.1, 0.15) is 39.0 Å². The smallest absolute Gasteiger partial charge is 0.319 e. The van der Waals surface area contributed by atoms with Crippen molar-refractivity contribution in [3.63, 3.8) is 0 Å². The zero-order valence-corrected chi connectivity index (χ0v) is 22.1. The number of carbonyl (C=O) groups excluding carboxylic acids is 1. The van der Waals surface area contributed by atoms with E-state index in [0.717, 1.165) is 0 Å². The molecule has 0 bridgehead atoms. The predicted molar refractivity (Wildman–Crippen MR) is 142 cm³/mol. The second-order valence-corrected chi connectivity index (χ2v) is 10.7. The van der Waals surface area contributed by atoms with Crippen LogP contribution in [0, 0.1) is 5.82 Å². The number of hydrogen-bond donors (Lipinski definition) is 5. The van der Waals surface area contributed by atoms with E-state index in [-0.39, 0.29) is 11.2 Å². The van der Waals surface area contributed by atoms with Gasteiger partial charge in [0.1, 0.15) is 29.6 Å². The molecule has 206 valence electrons. The van der Waals surface area contributed by atoms with Crippen molar-refractivity contribution in [1.82, 2.24) is 24.8 Å². The summed E-state index contributed by atoms with van der Waals surface area (Å²) in [7, 11) is 1.87. The van der Waals surface area contributed by atoms with Crippen molar-refractivity contribution in [2.45, 2.75) is 57.1 Å². The molecule has 1 fully saturated rings. The molecule has 2 aromatic heterocycles. The molecule has 12 heteroatoms. The summed E-state index contributed by atoms with van der Waals surface area (Å²) >= 11 is 0. The summed E-state index contributed by atoms with van der Waals surface area (Å²) < 4.78 is 21.9. The number of amides is 2. The lowest BCUT2D eigenvalue weighted by Crippen LogP contribution is -2.39. The van der Waals surface area contributed by atoms with Crippen LogP contribution in [-0.2, 0) is 10.2 Å². The number of nitrogens with two attached hydrogens (primary N) is 1. The van der Waals surface area contributed by atoms with Gasteiger partial charge in [0.05, 0.1) is 12.0 Å². The number of urea groups is 1. The molecule has 11 nitrogen and oxygen atoms in total. The number of halogens is 1. The number of carbonyl (C=O) groups is 1. The second-order valence-electron chi connectivity index (χ2n) is 10.7. The number of nitrogens with one attached hydrogen (secondary N) is 2. The molecule has 0 saturated carbocycles. The number of benzene rings is 1. The highest BCUT2D eigenvalue weighted by Crippen LogP contribution is 2.32. The van der Waals surface area contributed by atoms with Crippen LogP contribution in [0.4, 0.5) is 20.6 Å². The zero-order chi connectivity index (χ0) is 27.6. The Kier molecular flexibility index (Phi) is 8.16. The average Bonchev–Trinajstić information content (AvgIpc) is 3.38. The van der Waals surface area contributed by atoms with Gasteiger partial charge in [0.2, 0.25) is 0 Å². The maximum atomic E-state index is 14.4. The molecule has 2 amide bonds. The van der Waals surface area contributed by atoms with Gasteiger partial charge in [-0.2, -0.15) is 0 Å². The third-order valence-electron chi connectivity index (χ3n) is 6.63. The average molecular weight is 530 g/mol. The van der Waals surface area contributed by atoms with Gasteiger partial charge in [-0.15, -0.1) is 0 Å². The molecule has 0 aliphatic carbocycles. The number of aromatic nitrogens is 3. The Balaban J connectivity index is 1.22. The van der Waals surface area contributed by atoms with E-state index < -0.39 is 30.6 Å². The number of imidazole rings is 1. The standard InChI is InChI=1S/C26H36FN7O4/c1-26(2,3)16-7-6-15(12-17(16)27)32-25(37)30-9-5-11-33(4)13-19-21(35)22(36)24(38-19)34-14-31-20-18(28)8-10-29-23(20)34/h6-8,10,12,14,19,21-22,24,35-36H,5,9,11,13H2,1-4H3,(H2,28,29)(H2,30,32,37)/t19-,21-,22-,24-/m1/s1. The summed E-state index contributed by atoms with van der Waals surface area (Å²) in [5, 5.41) is 26.6. The number of anilines is 2. The molecule has 0 unspecified atom stereocenters. The zero-order valence-electron chi connectivity index (χ0n) is 22.1. The van der Waals surface area contributed by atoms with Gasteiger partial charge >= 0.3 is 6.03 Å². The van der Waals surface area contributed by atoms with Gasteiger partial charge in [-0.3, -0.25) is 4.57 Å². The van der Waals surface area contributed by atoms with E-state index in [4.69, 9.17) is 10.5 Å². The highest BCUT2D eigenvalue weighted by atomic mass is 19.1. The van der Waals surface area contributed by atoms with Crippen molar-refractivity contribution in [1.29, 1.82) is 0 Å². The van der Waals surface area contributed by atoms with Crippen molar-refractivity contribution in [3.8, 4) is 0 Å². The van der Waals surface area contributed by atoms with Gasteiger partial charge in [0, 0.05) is 25.0 Å². The normalized spacial score (nSPS) is 21.8. The van der Waals surface area contributed by atoms with Crippen molar-refractivity contribution >= 4 is 28.6 Å². The fourth-order valence-corrected chi connectivity index (χ4v) is 4.58. The van der Waals surface area contributed by atoms with Crippen molar-refractivity contribution in [2.24, 2.45) is 0 Å². The van der Waals surface area contributed by atoms with Gasteiger partial charge in [-0.05, 0) is 49.2 Å². The third kappa shape index (κ3) is 6.04. The minimum absolute atomic E-state index is 0.324. The number of pyridine rings is 1. The van der Waals surface area contributed by atoms with Crippen molar-refractivity contribution in [3.05, 3.63) is 48.2 Å². The van der Waals surface area contributed by atoms with Crippen LogP contribution in [0.2, 0.25) is 0 Å². The summed E-state index contributed by atoms with van der Waals surface area (Å²) in [6.07, 6.45) is -0.0858. The topological polar surface area (TPSA) is 151 Å². The van der Waals surface area contributed by atoms with E-state index in [2.05, 4.69) is 20.6 Å². The van der Waals surface area contributed by atoms with Gasteiger partial charge in [0.15, 0.2) is 11.9 Å². The number of ether oxygens (including phenoxy) is 1. The largest absolute Gasteiger partial charge is 0.397 e. The first kappa shape index (κ1) is 27.7. The molecular formula is C26H36FN7O4. The quantitative estimate of drug-likeness (QED) is 0.279. The monoisotopic (exact) mass is 529 g/mol. The molecule has 3 heterocycles. The third-order valence-corrected chi connectivity index (χ3v) is 6.63. The Morgan fingerprint density at radius 1 is 1.24 bits per heavy atom. The van der Waals surface area contributed by atoms with E-state index in [1.54, 1.807) is 29.0 Å². The number of aliphatic hydroxyl groups is 2. The number of fused-ring (bicyclic) bond motifs is 1. The van der Waals surface area contributed by atoms with Crippen LogP contribution >= 0.6 is 0 Å². The predicted octanol–water partition coefficient (Wildman–Crippen LogP) is 2.21. The summed E-state index contributed by atoms with van der Waals surface area (Å²) in [5.41, 5.74) is 8.02. The number of likely N-dealkylation sites (N-methyl/N-ethyl adjacent to an activating group) is 1. The molecular weight excluding hydrogens is 493 g/mol. The summed E-state index contributed by atoms with van der Waals surface area (Å²) in [4.78, 5) is 22.7.